The molecule has 0 bridgehead atoms. The third-order valence-corrected chi connectivity index (χ3v) is 8.77. The highest BCUT2D eigenvalue weighted by atomic mass is 16.6. The van der Waals surface area contributed by atoms with Crippen LogP contribution in [0, 0.1) is 11.8 Å². The normalized spacial score (nSPS) is 27.2. The molecule has 1 unspecified atom stereocenters. The largest absolute Gasteiger partial charge is 0.390 e. The van der Waals surface area contributed by atoms with E-state index in [1.54, 1.807) is 13.8 Å². The Kier molecular flexibility index (Phi) is 11.3. The lowest BCUT2D eigenvalue weighted by atomic mass is 9.71. The average molecular weight is 577 g/mol. The van der Waals surface area contributed by atoms with Gasteiger partial charge in [-0.05, 0) is 49.8 Å². The van der Waals surface area contributed by atoms with Gasteiger partial charge in [0.05, 0.1) is 56.4 Å². The van der Waals surface area contributed by atoms with E-state index in [-0.39, 0.29) is 17.9 Å². The zero-order valence-corrected chi connectivity index (χ0v) is 25.7. The van der Waals surface area contributed by atoms with Gasteiger partial charge >= 0.3 is 0 Å². The van der Waals surface area contributed by atoms with Crippen molar-refractivity contribution in [1.82, 2.24) is 0 Å². The smallest absolute Gasteiger partial charge is 0.118 e. The first-order valence-corrected chi connectivity index (χ1v) is 15.1. The quantitative estimate of drug-likeness (QED) is 0.234. The van der Waals surface area contributed by atoms with E-state index in [0.717, 1.165) is 16.7 Å². The van der Waals surface area contributed by atoms with E-state index in [9.17, 15) is 10.2 Å². The second-order valence-electron chi connectivity index (χ2n) is 12.3. The van der Waals surface area contributed by atoms with Gasteiger partial charge in [0.15, 0.2) is 0 Å². The van der Waals surface area contributed by atoms with Crippen LogP contribution in [0.2, 0.25) is 0 Å². The Morgan fingerprint density at radius 1 is 0.786 bits per heavy atom. The minimum atomic E-state index is -1.15. The standard InChI is InChI=1S/C36H48O6/c1-26-21-35(4,42-36(5,28(3)37)33(26)38)34(41-24-31-19-13-8-14-20-31)27(2)32(40-23-30-17-11-7-12-18-30)25-39-22-29-15-9-6-10-16-29/h6-20,26-28,32-34,37-38H,21-25H2,1-5H3/t26-,27-,28?,32-,33-,34-,35-,36-/m1/s1. The lowest BCUT2D eigenvalue weighted by Crippen LogP contribution is -2.66. The van der Waals surface area contributed by atoms with Crippen LogP contribution in [0.4, 0.5) is 0 Å². The van der Waals surface area contributed by atoms with Gasteiger partial charge in [0.2, 0.25) is 0 Å². The van der Waals surface area contributed by atoms with Crippen LogP contribution in [0.1, 0.15) is 57.7 Å². The molecule has 42 heavy (non-hydrogen) atoms. The van der Waals surface area contributed by atoms with E-state index in [4.69, 9.17) is 18.9 Å². The molecule has 6 nitrogen and oxygen atoms in total. The summed E-state index contributed by atoms with van der Waals surface area (Å²) in [6.45, 7) is 11.3. The zero-order valence-electron chi connectivity index (χ0n) is 25.7. The van der Waals surface area contributed by atoms with Crippen LogP contribution in [-0.2, 0) is 38.8 Å². The summed E-state index contributed by atoms with van der Waals surface area (Å²) in [6, 6.07) is 30.3. The summed E-state index contributed by atoms with van der Waals surface area (Å²) in [5.41, 5.74) is 1.28. The predicted molar refractivity (Wildman–Crippen MR) is 165 cm³/mol. The molecule has 0 aliphatic carbocycles. The number of aliphatic hydroxyl groups is 2. The first-order chi connectivity index (χ1) is 20.1. The topological polar surface area (TPSA) is 77.4 Å². The van der Waals surface area contributed by atoms with Crippen molar-refractivity contribution in [1.29, 1.82) is 0 Å². The molecular formula is C36H48O6. The second kappa shape index (κ2) is 14.7. The molecule has 1 heterocycles. The van der Waals surface area contributed by atoms with Gasteiger partial charge in [-0.3, -0.25) is 0 Å². The molecule has 1 aliphatic rings. The van der Waals surface area contributed by atoms with E-state index < -0.39 is 29.5 Å². The van der Waals surface area contributed by atoms with Crippen molar-refractivity contribution in [2.75, 3.05) is 6.61 Å². The number of aliphatic hydroxyl groups excluding tert-OH is 2. The third-order valence-electron chi connectivity index (χ3n) is 8.77. The Balaban J connectivity index is 1.62. The molecule has 3 aromatic rings. The molecule has 228 valence electrons. The Hall–Kier alpha value is -2.58. The maximum Gasteiger partial charge on any atom is 0.118 e. The molecule has 1 saturated heterocycles. The molecule has 0 spiro atoms. The molecule has 2 N–H and O–H groups in total. The Morgan fingerprint density at radius 3 is 1.76 bits per heavy atom. The summed E-state index contributed by atoms with van der Waals surface area (Å²) in [5.74, 6) is -0.268. The zero-order chi connectivity index (χ0) is 30.2. The van der Waals surface area contributed by atoms with Gasteiger partial charge in [0.1, 0.15) is 5.60 Å². The van der Waals surface area contributed by atoms with Crippen LogP contribution in [0.15, 0.2) is 91.0 Å². The highest BCUT2D eigenvalue weighted by molar-refractivity contribution is 5.15. The molecule has 3 aromatic carbocycles. The van der Waals surface area contributed by atoms with Crippen molar-refractivity contribution < 1.29 is 29.2 Å². The molecule has 4 rings (SSSR count). The van der Waals surface area contributed by atoms with Gasteiger partial charge in [0, 0.05) is 5.92 Å². The summed E-state index contributed by atoms with van der Waals surface area (Å²) in [5, 5.41) is 21.9. The lowest BCUT2D eigenvalue weighted by Gasteiger charge is -2.55. The summed E-state index contributed by atoms with van der Waals surface area (Å²) in [6.07, 6.45) is -1.85. The Labute approximate surface area is 251 Å². The minimum absolute atomic E-state index is 0.114. The Morgan fingerprint density at radius 2 is 1.26 bits per heavy atom. The van der Waals surface area contributed by atoms with E-state index in [1.807, 2.05) is 80.6 Å². The maximum atomic E-state index is 11.1. The SMILES string of the molecule is CC(O)[C@@]1(C)O[C@@](C)([C@H](OCc2ccccc2)[C@H](C)[C@@H](COCc2ccccc2)OCc2ccccc2)C[C@@H](C)[C@H]1O. The van der Waals surface area contributed by atoms with Crippen molar-refractivity contribution in [2.24, 2.45) is 11.8 Å². The van der Waals surface area contributed by atoms with Crippen molar-refractivity contribution in [2.45, 2.75) is 96.5 Å². The average Bonchev–Trinajstić information content (AvgIpc) is 2.99. The van der Waals surface area contributed by atoms with Gasteiger partial charge in [0.25, 0.3) is 0 Å². The monoisotopic (exact) mass is 576 g/mol. The third kappa shape index (κ3) is 8.07. The van der Waals surface area contributed by atoms with Crippen molar-refractivity contribution >= 4 is 0 Å². The van der Waals surface area contributed by atoms with Gasteiger partial charge in [-0.25, -0.2) is 0 Å². The first-order valence-electron chi connectivity index (χ1n) is 15.1. The van der Waals surface area contributed by atoms with Crippen LogP contribution >= 0.6 is 0 Å². The molecule has 1 aliphatic heterocycles. The van der Waals surface area contributed by atoms with Crippen LogP contribution in [0.5, 0.6) is 0 Å². The lowest BCUT2D eigenvalue weighted by molar-refractivity contribution is -0.306. The van der Waals surface area contributed by atoms with Crippen LogP contribution in [-0.4, -0.2) is 52.4 Å². The fourth-order valence-corrected chi connectivity index (χ4v) is 6.26. The van der Waals surface area contributed by atoms with Gasteiger partial charge in [-0.15, -0.1) is 0 Å². The Bertz CT molecular complexity index is 1190. The summed E-state index contributed by atoms with van der Waals surface area (Å²) in [7, 11) is 0. The van der Waals surface area contributed by atoms with E-state index in [2.05, 4.69) is 31.2 Å². The molecule has 0 saturated carbocycles. The van der Waals surface area contributed by atoms with Crippen LogP contribution < -0.4 is 0 Å². The fourth-order valence-electron chi connectivity index (χ4n) is 6.26. The molecule has 0 amide bonds. The molecule has 8 atom stereocenters. The summed E-state index contributed by atoms with van der Waals surface area (Å²) in [4.78, 5) is 0. The molecule has 6 heteroatoms. The highest BCUT2D eigenvalue weighted by Crippen LogP contribution is 2.45. The second-order valence-corrected chi connectivity index (χ2v) is 12.3. The van der Waals surface area contributed by atoms with Gasteiger partial charge in [-0.1, -0.05) is 105 Å². The fraction of sp³-hybridized carbons (Fsp3) is 0.500. The van der Waals surface area contributed by atoms with E-state index in [0.29, 0.717) is 32.8 Å². The number of benzene rings is 3. The number of hydrogen-bond donors (Lipinski definition) is 2. The molecular weight excluding hydrogens is 528 g/mol. The molecule has 1 fully saturated rings. The van der Waals surface area contributed by atoms with Crippen molar-refractivity contribution in [3.8, 4) is 0 Å². The maximum absolute atomic E-state index is 11.1. The van der Waals surface area contributed by atoms with Crippen molar-refractivity contribution in [3.63, 3.8) is 0 Å². The van der Waals surface area contributed by atoms with Gasteiger partial charge < -0.3 is 29.2 Å². The first kappa shape index (κ1) is 32.3. The predicted octanol–water partition coefficient (Wildman–Crippen LogP) is 6.33. The number of ether oxygens (including phenoxy) is 4. The molecule has 0 aromatic heterocycles. The molecule has 0 radical (unpaired) electrons. The highest BCUT2D eigenvalue weighted by Gasteiger charge is 2.56. The minimum Gasteiger partial charge on any atom is -0.390 e. The van der Waals surface area contributed by atoms with Gasteiger partial charge in [-0.2, -0.15) is 0 Å². The summed E-state index contributed by atoms with van der Waals surface area (Å²) < 4.78 is 26.3. The summed E-state index contributed by atoms with van der Waals surface area (Å²) >= 11 is 0. The van der Waals surface area contributed by atoms with E-state index in [1.165, 1.54) is 0 Å². The van der Waals surface area contributed by atoms with Crippen LogP contribution in [0.25, 0.3) is 0 Å². The number of hydrogen-bond acceptors (Lipinski definition) is 6. The van der Waals surface area contributed by atoms with Crippen LogP contribution in [0.3, 0.4) is 0 Å². The van der Waals surface area contributed by atoms with E-state index >= 15 is 0 Å². The van der Waals surface area contributed by atoms with Crippen molar-refractivity contribution in [3.05, 3.63) is 108 Å². The number of rotatable bonds is 14.